The van der Waals surface area contributed by atoms with Crippen molar-refractivity contribution in [2.45, 2.75) is 31.3 Å². The summed E-state index contributed by atoms with van der Waals surface area (Å²) >= 11 is 1.38. The molecule has 24 heavy (non-hydrogen) atoms. The molecule has 4 rings (SSSR count). The molecule has 0 saturated heterocycles. The van der Waals surface area contributed by atoms with Crippen molar-refractivity contribution in [3.05, 3.63) is 35.5 Å². The van der Waals surface area contributed by atoms with Gasteiger partial charge in [0.05, 0.1) is 11.3 Å². The summed E-state index contributed by atoms with van der Waals surface area (Å²) in [6.07, 6.45) is 3.15. The summed E-state index contributed by atoms with van der Waals surface area (Å²) in [6, 6.07) is 8.23. The van der Waals surface area contributed by atoms with E-state index in [1.165, 1.54) is 28.4 Å². The van der Waals surface area contributed by atoms with E-state index in [4.69, 9.17) is 0 Å². The van der Waals surface area contributed by atoms with Gasteiger partial charge in [0.15, 0.2) is 0 Å². The van der Waals surface area contributed by atoms with Crippen molar-refractivity contribution in [3.63, 3.8) is 0 Å². The van der Waals surface area contributed by atoms with E-state index in [0.717, 1.165) is 24.8 Å². The van der Waals surface area contributed by atoms with Gasteiger partial charge in [0.1, 0.15) is 0 Å². The Morgan fingerprint density at radius 1 is 1.38 bits per heavy atom. The lowest BCUT2D eigenvalue weighted by Gasteiger charge is -2.20. The summed E-state index contributed by atoms with van der Waals surface area (Å²) in [5, 5.41) is 13.2. The number of fused-ring (bicyclic) bond motifs is 3. The molecule has 1 aromatic carbocycles. The number of rotatable bonds is 3. The van der Waals surface area contributed by atoms with Crippen LogP contribution in [0.15, 0.2) is 29.4 Å². The van der Waals surface area contributed by atoms with Gasteiger partial charge in [0.2, 0.25) is 11.1 Å². The van der Waals surface area contributed by atoms with Crippen LogP contribution in [-0.2, 0) is 19.9 Å². The van der Waals surface area contributed by atoms with E-state index >= 15 is 0 Å². The molecule has 124 valence electrons. The Morgan fingerprint density at radius 2 is 2.21 bits per heavy atom. The van der Waals surface area contributed by atoms with E-state index in [1.54, 1.807) is 11.7 Å². The fraction of sp³-hybridized carbons (Fsp3) is 0.412. The highest BCUT2D eigenvalue weighted by Gasteiger charge is 2.26. The molecule has 0 aliphatic heterocycles. The Labute approximate surface area is 144 Å². The van der Waals surface area contributed by atoms with Gasteiger partial charge >= 0.3 is 0 Å². The second kappa shape index (κ2) is 6.05. The highest BCUT2D eigenvalue weighted by molar-refractivity contribution is 7.99. The summed E-state index contributed by atoms with van der Waals surface area (Å²) in [4.78, 5) is 12.9. The second-order valence-electron chi connectivity index (χ2n) is 6.39. The summed E-state index contributed by atoms with van der Waals surface area (Å²) in [7, 11) is 1.78. The summed E-state index contributed by atoms with van der Waals surface area (Å²) in [5.41, 5.74) is 3.57. The molecule has 0 bridgehead atoms. The van der Waals surface area contributed by atoms with Crippen molar-refractivity contribution >= 4 is 28.6 Å². The van der Waals surface area contributed by atoms with E-state index in [0.29, 0.717) is 16.8 Å². The van der Waals surface area contributed by atoms with E-state index in [1.807, 2.05) is 16.7 Å². The molecule has 7 heteroatoms. The molecular weight excluding hydrogens is 322 g/mol. The third kappa shape index (κ3) is 2.53. The number of aromatic nitrogens is 5. The Morgan fingerprint density at radius 3 is 3.00 bits per heavy atom. The number of benzene rings is 1. The van der Waals surface area contributed by atoms with Crippen LogP contribution in [0.5, 0.6) is 0 Å². The van der Waals surface area contributed by atoms with Crippen LogP contribution >= 0.6 is 11.8 Å². The van der Waals surface area contributed by atoms with Crippen LogP contribution in [0.3, 0.4) is 0 Å². The van der Waals surface area contributed by atoms with Crippen molar-refractivity contribution in [2.75, 3.05) is 5.75 Å². The molecule has 0 saturated carbocycles. The fourth-order valence-corrected chi connectivity index (χ4v) is 4.20. The van der Waals surface area contributed by atoms with Crippen LogP contribution < -0.4 is 0 Å². The van der Waals surface area contributed by atoms with Crippen molar-refractivity contribution < 1.29 is 4.79 Å². The standard InChI is InChI=1S/C17H19N5OS/c1-11-7-8-15-13(9-11)12-5-3-4-6-14(12)22(15)16(23)10-24-17-18-19-20-21(17)2/h3-6,11H,7-10H2,1-2H3/t11-/m1/s1. The molecule has 3 aromatic rings. The van der Waals surface area contributed by atoms with Crippen molar-refractivity contribution in [3.8, 4) is 0 Å². The van der Waals surface area contributed by atoms with Crippen LogP contribution in [0.25, 0.3) is 10.9 Å². The highest BCUT2D eigenvalue weighted by atomic mass is 32.2. The van der Waals surface area contributed by atoms with Crippen LogP contribution in [0.4, 0.5) is 0 Å². The third-order valence-corrected chi connectivity index (χ3v) is 5.67. The zero-order valence-corrected chi connectivity index (χ0v) is 14.6. The maximum Gasteiger partial charge on any atom is 0.241 e. The topological polar surface area (TPSA) is 65.6 Å². The van der Waals surface area contributed by atoms with Crippen LogP contribution in [-0.4, -0.2) is 36.4 Å². The first-order valence-corrected chi connectivity index (χ1v) is 9.13. The third-order valence-electron chi connectivity index (χ3n) is 4.67. The maximum absolute atomic E-state index is 12.9. The van der Waals surface area contributed by atoms with Crippen LogP contribution in [0, 0.1) is 5.92 Å². The normalized spacial score (nSPS) is 17.2. The molecule has 1 atom stereocenters. The lowest BCUT2D eigenvalue weighted by molar-refractivity contribution is 0.0943. The van der Waals surface area contributed by atoms with Gasteiger partial charge in [0.25, 0.3) is 0 Å². The first-order chi connectivity index (χ1) is 11.6. The van der Waals surface area contributed by atoms with E-state index in [-0.39, 0.29) is 5.91 Å². The average Bonchev–Trinajstić information content (AvgIpc) is 3.13. The van der Waals surface area contributed by atoms with Crippen LogP contribution in [0.1, 0.15) is 29.4 Å². The van der Waals surface area contributed by atoms with Gasteiger partial charge in [-0.25, -0.2) is 4.68 Å². The zero-order valence-electron chi connectivity index (χ0n) is 13.8. The van der Waals surface area contributed by atoms with E-state index in [9.17, 15) is 4.79 Å². The SMILES string of the molecule is C[C@@H]1CCc2c(c3ccccc3n2C(=O)CSc2nnnn2C)C1. The molecule has 0 amide bonds. The first-order valence-electron chi connectivity index (χ1n) is 8.14. The van der Waals surface area contributed by atoms with Gasteiger partial charge in [-0.15, -0.1) is 5.10 Å². The number of nitrogens with zero attached hydrogens (tertiary/aromatic N) is 5. The molecule has 1 aliphatic carbocycles. The summed E-state index contributed by atoms with van der Waals surface area (Å²) in [5.74, 6) is 1.09. The first kappa shape index (κ1) is 15.4. The monoisotopic (exact) mass is 341 g/mol. The Kier molecular flexibility index (Phi) is 3.88. The Bertz CT molecular complexity index is 913. The number of para-hydroxylation sites is 1. The molecule has 0 N–H and O–H groups in total. The molecule has 1 aliphatic rings. The number of carbonyl (C=O) groups is 1. The van der Waals surface area contributed by atoms with Crippen molar-refractivity contribution in [1.29, 1.82) is 0 Å². The quantitative estimate of drug-likeness (QED) is 0.685. The highest BCUT2D eigenvalue weighted by Crippen LogP contribution is 2.34. The molecule has 0 radical (unpaired) electrons. The fourth-order valence-electron chi connectivity index (χ4n) is 3.50. The Hall–Kier alpha value is -2.15. The maximum atomic E-state index is 12.9. The molecule has 6 nitrogen and oxygen atoms in total. The lowest BCUT2D eigenvalue weighted by Crippen LogP contribution is -2.20. The number of hydrogen-bond donors (Lipinski definition) is 0. The van der Waals surface area contributed by atoms with Gasteiger partial charge in [-0.1, -0.05) is 36.9 Å². The Balaban J connectivity index is 1.71. The molecule has 0 fully saturated rings. The number of aryl methyl sites for hydroxylation is 1. The molecule has 0 unspecified atom stereocenters. The molecule has 2 aromatic heterocycles. The number of tetrazole rings is 1. The van der Waals surface area contributed by atoms with Crippen molar-refractivity contribution in [2.24, 2.45) is 13.0 Å². The van der Waals surface area contributed by atoms with E-state index in [2.05, 4.69) is 34.6 Å². The smallest absolute Gasteiger partial charge is 0.241 e. The molecular formula is C17H19N5OS. The number of hydrogen-bond acceptors (Lipinski definition) is 5. The van der Waals surface area contributed by atoms with Gasteiger partial charge in [-0.2, -0.15) is 0 Å². The summed E-state index contributed by atoms with van der Waals surface area (Å²) < 4.78 is 3.51. The second-order valence-corrected chi connectivity index (χ2v) is 7.34. The minimum absolute atomic E-state index is 0.0926. The minimum Gasteiger partial charge on any atom is -0.283 e. The molecule has 2 heterocycles. The average molecular weight is 341 g/mol. The van der Waals surface area contributed by atoms with Gasteiger partial charge in [0, 0.05) is 18.1 Å². The predicted molar refractivity (Wildman–Crippen MR) is 93.3 cm³/mol. The van der Waals surface area contributed by atoms with Crippen molar-refractivity contribution in [1.82, 2.24) is 24.8 Å². The zero-order chi connectivity index (χ0) is 16.7. The largest absolute Gasteiger partial charge is 0.283 e. The molecule has 0 spiro atoms. The van der Waals surface area contributed by atoms with Gasteiger partial charge in [-0.3, -0.25) is 9.36 Å². The van der Waals surface area contributed by atoms with Gasteiger partial charge in [-0.05, 0) is 47.2 Å². The minimum atomic E-state index is 0.0926. The summed E-state index contributed by atoms with van der Waals surface area (Å²) in [6.45, 7) is 2.29. The lowest BCUT2D eigenvalue weighted by atomic mass is 9.88. The number of carbonyl (C=O) groups excluding carboxylic acids is 1. The van der Waals surface area contributed by atoms with E-state index < -0.39 is 0 Å². The predicted octanol–water partition coefficient (Wildman–Crippen LogP) is 2.72. The number of thioether (sulfide) groups is 1. The van der Waals surface area contributed by atoms with Gasteiger partial charge < -0.3 is 0 Å². The van der Waals surface area contributed by atoms with Crippen LogP contribution in [0.2, 0.25) is 0 Å².